The van der Waals surface area contributed by atoms with Crippen molar-refractivity contribution in [1.82, 2.24) is 0 Å². The number of hydrogen-bond donors (Lipinski definition) is 2. The Balaban J connectivity index is 1.89. The van der Waals surface area contributed by atoms with Crippen LogP contribution in [0.1, 0.15) is 32.5 Å². The number of carbonyl (C=O) groups excluding carboxylic acids is 1. The summed E-state index contributed by atoms with van der Waals surface area (Å²) in [7, 11) is 1.60. The molecule has 5 nitrogen and oxygen atoms in total. The average molecular weight is 379 g/mol. The van der Waals surface area contributed by atoms with Crippen LogP contribution in [0.3, 0.4) is 0 Å². The first-order valence-electron chi connectivity index (χ1n) is 8.47. The quantitative estimate of drug-likeness (QED) is 0.695. The molecular formula is C21H17NO4S. The standard InChI is InChI=1S/C21H17NO4S/c1-26-14-9-7-12(8-10-14)15-11-16(23)22-18-17(13-5-3-2-4-6-13)20(21(24)25)27-19(15)18/h2-10,15H,11H2,1H3,(H,22,23)(H,24,25)/t15-/m0/s1. The molecule has 0 fully saturated rings. The summed E-state index contributed by atoms with van der Waals surface area (Å²) >= 11 is 1.23. The van der Waals surface area contributed by atoms with Crippen molar-refractivity contribution in [2.75, 3.05) is 12.4 Å². The number of carboxylic acid groups (broad SMARTS) is 1. The van der Waals surface area contributed by atoms with Gasteiger partial charge in [-0.1, -0.05) is 42.5 Å². The predicted molar refractivity (Wildman–Crippen MR) is 105 cm³/mol. The molecule has 0 unspecified atom stereocenters. The number of carbonyl (C=O) groups is 2. The van der Waals surface area contributed by atoms with Crippen molar-refractivity contribution in [3.8, 4) is 16.9 Å². The Morgan fingerprint density at radius 3 is 2.48 bits per heavy atom. The predicted octanol–water partition coefficient (Wildman–Crippen LogP) is 4.60. The third-order valence-electron chi connectivity index (χ3n) is 4.68. The van der Waals surface area contributed by atoms with E-state index in [-0.39, 0.29) is 23.1 Å². The minimum Gasteiger partial charge on any atom is -0.497 e. The molecule has 0 radical (unpaired) electrons. The zero-order valence-electron chi connectivity index (χ0n) is 14.6. The molecule has 6 heteroatoms. The Morgan fingerprint density at radius 1 is 1.15 bits per heavy atom. The van der Waals surface area contributed by atoms with E-state index in [1.54, 1.807) is 7.11 Å². The van der Waals surface area contributed by atoms with Gasteiger partial charge in [-0.15, -0.1) is 11.3 Å². The summed E-state index contributed by atoms with van der Waals surface area (Å²) in [4.78, 5) is 25.4. The number of thiophene rings is 1. The molecule has 0 aliphatic carbocycles. The molecule has 0 spiro atoms. The number of carboxylic acids is 1. The van der Waals surface area contributed by atoms with Crippen LogP contribution in [-0.2, 0) is 4.79 Å². The van der Waals surface area contributed by atoms with Crippen LogP contribution in [0.25, 0.3) is 11.1 Å². The molecule has 2 heterocycles. The van der Waals surface area contributed by atoms with Gasteiger partial charge in [0.2, 0.25) is 5.91 Å². The second-order valence-corrected chi connectivity index (χ2v) is 7.35. The maximum atomic E-state index is 12.4. The minimum absolute atomic E-state index is 0.116. The minimum atomic E-state index is -0.990. The Bertz CT molecular complexity index is 1010. The maximum Gasteiger partial charge on any atom is 0.346 e. The van der Waals surface area contributed by atoms with Crippen LogP contribution in [0.2, 0.25) is 0 Å². The third-order valence-corrected chi connectivity index (χ3v) is 5.97. The number of hydrogen-bond acceptors (Lipinski definition) is 4. The number of rotatable bonds is 4. The lowest BCUT2D eigenvalue weighted by molar-refractivity contribution is -0.116. The van der Waals surface area contributed by atoms with E-state index < -0.39 is 5.97 Å². The number of benzene rings is 2. The number of methoxy groups -OCH3 is 1. The zero-order chi connectivity index (χ0) is 19.0. The SMILES string of the molecule is COc1ccc([C@@H]2CC(=O)Nc3c2sc(C(=O)O)c3-c2ccccc2)cc1. The molecule has 1 amide bonds. The first-order valence-corrected chi connectivity index (χ1v) is 9.29. The number of amides is 1. The van der Waals surface area contributed by atoms with Gasteiger partial charge in [0.05, 0.1) is 12.8 Å². The molecule has 2 aromatic carbocycles. The van der Waals surface area contributed by atoms with Gasteiger partial charge in [0.1, 0.15) is 10.6 Å². The smallest absolute Gasteiger partial charge is 0.346 e. The fourth-order valence-electron chi connectivity index (χ4n) is 3.42. The Kier molecular flexibility index (Phi) is 4.41. The van der Waals surface area contributed by atoms with E-state index in [0.717, 1.165) is 21.8 Å². The maximum absolute atomic E-state index is 12.4. The molecule has 27 heavy (non-hydrogen) atoms. The van der Waals surface area contributed by atoms with Gasteiger partial charge >= 0.3 is 5.97 Å². The molecule has 3 aromatic rings. The Labute approximate surface area is 160 Å². The summed E-state index contributed by atoms with van der Waals surface area (Å²) in [6, 6.07) is 16.9. The molecule has 0 saturated heterocycles. The van der Waals surface area contributed by atoms with E-state index in [4.69, 9.17) is 4.74 Å². The van der Waals surface area contributed by atoms with Gasteiger partial charge in [0.15, 0.2) is 0 Å². The van der Waals surface area contributed by atoms with Crippen molar-refractivity contribution in [2.45, 2.75) is 12.3 Å². The highest BCUT2D eigenvalue weighted by Gasteiger charge is 2.34. The highest BCUT2D eigenvalue weighted by Crippen LogP contribution is 2.49. The molecule has 1 aliphatic rings. The topological polar surface area (TPSA) is 75.6 Å². The molecule has 1 aliphatic heterocycles. The van der Waals surface area contributed by atoms with Crippen molar-refractivity contribution >= 4 is 28.9 Å². The van der Waals surface area contributed by atoms with Gasteiger partial charge in [0, 0.05) is 22.8 Å². The van der Waals surface area contributed by atoms with Crippen LogP contribution < -0.4 is 10.1 Å². The van der Waals surface area contributed by atoms with Crippen LogP contribution in [0.15, 0.2) is 54.6 Å². The van der Waals surface area contributed by atoms with Crippen molar-refractivity contribution < 1.29 is 19.4 Å². The van der Waals surface area contributed by atoms with E-state index >= 15 is 0 Å². The zero-order valence-corrected chi connectivity index (χ0v) is 15.4. The van der Waals surface area contributed by atoms with E-state index in [1.807, 2.05) is 54.6 Å². The van der Waals surface area contributed by atoms with E-state index in [2.05, 4.69) is 5.32 Å². The number of fused-ring (bicyclic) bond motifs is 1. The van der Waals surface area contributed by atoms with Crippen LogP contribution in [0, 0.1) is 0 Å². The summed E-state index contributed by atoms with van der Waals surface area (Å²) in [6.45, 7) is 0. The fraction of sp³-hybridized carbons (Fsp3) is 0.143. The summed E-state index contributed by atoms with van der Waals surface area (Å²) in [6.07, 6.45) is 0.285. The molecule has 1 aromatic heterocycles. The lowest BCUT2D eigenvalue weighted by Gasteiger charge is -2.24. The van der Waals surface area contributed by atoms with Crippen molar-refractivity contribution in [3.63, 3.8) is 0 Å². The average Bonchev–Trinajstić information content (AvgIpc) is 3.07. The third kappa shape index (κ3) is 3.08. The molecule has 0 bridgehead atoms. The summed E-state index contributed by atoms with van der Waals surface area (Å²) < 4.78 is 5.21. The van der Waals surface area contributed by atoms with Crippen LogP contribution in [0.4, 0.5) is 5.69 Å². The Morgan fingerprint density at radius 2 is 1.85 bits per heavy atom. The fourth-order valence-corrected chi connectivity index (χ4v) is 4.67. The molecule has 136 valence electrons. The van der Waals surface area contributed by atoms with Gasteiger partial charge in [-0.25, -0.2) is 4.79 Å². The largest absolute Gasteiger partial charge is 0.497 e. The number of ether oxygens (including phenoxy) is 1. The van der Waals surface area contributed by atoms with E-state index in [0.29, 0.717) is 11.3 Å². The first kappa shape index (κ1) is 17.3. The van der Waals surface area contributed by atoms with E-state index in [1.165, 1.54) is 11.3 Å². The first-order chi connectivity index (χ1) is 13.1. The van der Waals surface area contributed by atoms with Crippen LogP contribution in [-0.4, -0.2) is 24.1 Å². The van der Waals surface area contributed by atoms with Crippen molar-refractivity contribution in [2.24, 2.45) is 0 Å². The molecular weight excluding hydrogens is 362 g/mol. The molecule has 4 rings (SSSR count). The second kappa shape index (κ2) is 6.89. The van der Waals surface area contributed by atoms with Crippen molar-refractivity contribution in [3.05, 3.63) is 69.9 Å². The number of anilines is 1. The van der Waals surface area contributed by atoms with Gasteiger partial charge in [-0.3, -0.25) is 4.79 Å². The summed E-state index contributed by atoms with van der Waals surface area (Å²) in [5.74, 6) is -0.548. The summed E-state index contributed by atoms with van der Waals surface area (Å²) in [5, 5.41) is 12.7. The number of aromatic carboxylic acids is 1. The van der Waals surface area contributed by atoms with Crippen molar-refractivity contribution in [1.29, 1.82) is 0 Å². The second-order valence-electron chi connectivity index (χ2n) is 6.29. The Hall–Kier alpha value is -3.12. The van der Waals surface area contributed by atoms with Gasteiger partial charge in [-0.2, -0.15) is 0 Å². The highest BCUT2D eigenvalue weighted by atomic mass is 32.1. The molecule has 1 atom stereocenters. The van der Waals surface area contributed by atoms with Gasteiger partial charge < -0.3 is 15.2 Å². The monoisotopic (exact) mass is 379 g/mol. The van der Waals surface area contributed by atoms with Crippen LogP contribution >= 0.6 is 11.3 Å². The highest BCUT2D eigenvalue weighted by molar-refractivity contribution is 7.15. The normalized spacial score (nSPS) is 15.7. The molecule has 0 saturated carbocycles. The van der Waals surface area contributed by atoms with Crippen LogP contribution in [0.5, 0.6) is 5.75 Å². The van der Waals surface area contributed by atoms with Gasteiger partial charge in [0.25, 0.3) is 0 Å². The summed E-state index contributed by atoms with van der Waals surface area (Å²) in [5.41, 5.74) is 2.93. The molecule has 2 N–H and O–H groups in total. The lowest BCUT2D eigenvalue weighted by Crippen LogP contribution is -2.22. The number of nitrogens with one attached hydrogen (secondary N) is 1. The van der Waals surface area contributed by atoms with Gasteiger partial charge in [-0.05, 0) is 23.3 Å². The van der Waals surface area contributed by atoms with E-state index in [9.17, 15) is 14.7 Å². The lowest BCUT2D eigenvalue weighted by atomic mass is 9.88.